The van der Waals surface area contributed by atoms with E-state index in [2.05, 4.69) is 41.8 Å². The molecule has 1 amide bonds. The molecule has 1 aliphatic carbocycles. The van der Waals surface area contributed by atoms with E-state index in [4.69, 9.17) is 9.72 Å². The highest BCUT2D eigenvalue weighted by Crippen LogP contribution is 2.39. The van der Waals surface area contributed by atoms with Gasteiger partial charge in [0.05, 0.1) is 30.0 Å². The third-order valence-electron chi connectivity index (χ3n) is 7.17. The van der Waals surface area contributed by atoms with Gasteiger partial charge in [0, 0.05) is 36.8 Å². The first kappa shape index (κ1) is 21.0. The third-order valence-corrected chi connectivity index (χ3v) is 7.17. The van der Waals surface area contributed by atoms with Crippen LogP contribution in [0.1, 0.15) is 68.4 Å². The molecule has 3 heterocycles. The SMILES string of the molecule is COC(=O)N1c2ccc3c(nc(CCn4cc(C)cn4)n3C3CCCCC3)c2CC[C@@H]1C. The molecule has 0 radical (unpaired) electrons. The van der Waals surface area contributed by atoms with Gasteiger partial charge in [-0.05, 0) is 57.2 Å². The number of anilines is 1. The van der Waals surface area contributed by atoms with Crippen LogP contribution in [0.25, 0.3) is 11.0 Å². The molecule has 7 nitrogen and oxygen atoms in total. The lowest BCUT2D eigenvalue weighted by molar-refractivity contribution is 0.175. The molecule has 2 aromatic heterocycles. The normalized spacial score (nSPS) is 19.3. The molecule has 2 aliphatic rings. The van der Waals surface area contributed by atoms with Crippen LogP contribution in [-0.4, -0.2) is 38.6 Å². The number of aromatic nitrogens is 4. The molecule has 1 fully saturated rings. The molecule has 0 N–H and O–H groups in total. The summed E-state index contributed by atoms with van der Waals surface area (Å²) in [6, 6.07) is 4.90. The van der Waals surface area contributed by atoms with Gasteiger partial charge in [0.2, 0.25) is 0 Å². The topological polar surface area (TPSA) is 65.2 Å². The fourth-order valence-electron chi connectivity index (χ4n) is 5.55. The van der Waals surface area contributed by atoms with E-state index in [1.54, 1.807) is 4.90 Å². The lowest BCUT2D eigenvalue weighted by Crippen LogP contribution is -2.42. The van der Waals surface area contributed by atoms with Crippen LogP contribution >= 0.6 is 0 Å². The summed E-state index contributed by atoms with van der Waals surface area (Å²) in [6.07, 6.45) is 12.7. The summed E-state index contributed by atoms with van der Waals surface area (Å²) in [6.45, 7) is 4.97. The van der Waals surface area contributed by atoms with Crippen LogP contribution in [0.15, 0.2) is 24.5 Å². The van der Waals surface area contributed by atoms with Crippen molar-refractivity contribution in [1.82, 2.24) is 19.3 Å². The van der Waals surface area contributed by atoms with Crippen LogP contribution in [0.3, 0.4) is 0 Å². The number of carbonyl (C=O) groups excluding carboxylic acids is 1. The highest BCUT2D eigenvalue weighted by atomic mass is 16.5. The summed E-state index contributed by atoms with van der Waals surface area (Å²) in [5, 5.41) is 4.47. The van der Waals surface area contributed by atoms with Crippen LogP contribution in [0.5, 0.6) is 0 Å². The second-order valence-electron chi connectivity index (χ2n) is 9.38. The monoisotopic (exact) mass is 435 g/mol. The van der Waals surface area contributed by atoms with E-state index < -0.39 is 0 Å². The minimum atomic E-state index is -0.293. The van der Waals surface area contributed by atoms with Crippen LogP contribution in [0, 0.1) is 6.92 Å². The van der Waals surface area contributed by atoms with E-state index in [1.165, 1.54) is 55.9 Å². The maximum absolute atomic E-state index is 12.5. The predicted molar refractivity (Wildman–Crippen MR) is 125 cm³/mol. The number of fused-ring (bicyclic) bond motifs is 3. The van der Waals surface area contributed by atoms with Crippen molar-refractivity contribution in [2.45, 2.75) is 83.8 Å². The summed E-state index contributed by atoms with van der Waals surface area (Å²) >= 11 is 0. The molecule has 32 heavy (non-hydrogen) atoms. The van der Waals surface area contributed by atoms with Gasteiger partial charge in [0.15, 0.2) is 0 Å². The number of carbonyl (C=O) groups is 1. The number of benzene rings is 1. The number of hydrogen-bond donors (Lipinski definition) is 0. The minimum Gasteiger partial charge on any atom is -0.452 e. The lowest BCUT2D eigenvalue weighted by Gasteiger charge is -2.34. The van der Waals surface area contributed by atoms with Crippen LogP contribution < -0.4 is 4.90 Å². The van der Waals surface area contributed by atoms with Gasteiger partial charge < -0.3 is 9.30 Å². The Kier molecular flexibility index (Phi) is 5.66. The molecule has 1 aromatic carbocycles. The van der Waals surface area contributed by atoms with Crippen molar-refractivity contribution in [1.29, 1.82) is 0 Å². The highest BCUT2D eigenvalue weighted by Gasteiger charge is 2.32. The quantitative estimate of drug-likeness (QED) is 0.565. The molecule has 0 spiro atoms. The van der Waals surface area contributed by atoms with E-state index in [9.17, 15) is 4.79 Å². The van der Waals surface area contributed by atoms with E-state index in [0.717, 1.165) is 42.8 Å². The van der Waals surface area contributed by atoms with Gasteiger partial charge in [-0.3, -0.25) is 9.58 Å². The van der Waals surface area contributed by atoms with Gasteiger partial charge in [-0.1, -0.05) is 19.3 Å². The Morgan fingerprint density at radius 1 is 1.19 bits per heavy atom. The van der Waals surface area contributed by atoms with Gasteiger partial charge in [0.25, 0.3) is 0 Å². The van der Waals surface area contributed by atoms with Gasteiger partial charge in [-0.15, -0.1) is 0 Å². The molecule has 0 unspecified atom stereocenters. The number of imidazole rings is 1. The molecule has 0 bridgehead atoms. The molecule has 5 rings (SSSR count). The van der Waals surface area contributed by atoms with E-state index in [-0.39, 0.29) is 12.1 Å². The predicted octanol–water partition coefficient (Wildman–Crippen LogP) is 5.20. The standard InChI is InChI=1S/C25H33N5O2/c1-17-15-26-28(16-17)14-13-23-27-24-20-10-9-18(2)29(25(31)32-3)21(20)11-12-22(24)30(23)19-7-5-4-6-8-19/h11-12,15-16,18-19H,4-10,13-14H2,1-3H3/t18-/m0/s1. The zero-order valence-electron chi connectivity index (χ0n) is 19.4. The van der Waals surface area contributed by atoms with Crippen molar-refractivity contribution in [3.05, 3.63) is 41.5 Å². The first-order valence-corrected chi connectivity index (χ1v) is 12.0. The molecule has 1 saturated carbocycles. The van der Waals surface area contributed by atoms with E-state index in [1.807, 2.05) is 10.9 Å². The van der Waals surface area contributed by atoms with Crippen molar-refractivity contribution < 1.29 is 9.53 Å². The summed E-state index contributed by atoms with van der Waals surface area (Å²) < 4.78 is 9.61. The summed E-state index contributed by atoms with van der Waals surface area (Å²) in [7, 11) is 1.45. The average Bonchev–Trinajstić information content (AvgIpc) is 3.40. The van der Waals surface area contributed by atoms with Gasteiger partial charge >= 0.3 is 6.09 Å². The van der Waals surface area contributed by atoms with Crippen LogP contribution in [0.2, 0.25) is 0 Å². The first-order chi connectivity index (χ1) is 15.6. The van der Waals surface area contributed by atoms with Crippen molar-refractivity contribution in [2.24, 2.45) is 0 Å². The fraction of sp³-hybridized carbons (Fsp3) is 0.560. The largest absolute Gasteiger partial charge is 0.452 e. The molecule has 7 heteroatoms. The zero-order valence-corrected chi connectivity index (χ0v) is 19.4. The Labute approximate surface area is 189 Å². The van der Waals surface area contributed by atoms with Crippen LogP contribution in [-0.2, 0) is 24.1 Å². The summed E-state index contributed by atoms with van der Waals surface area (Å²) in [5.41, 5.74) is 5.57. The van der Waals surface area contributed by atoms with Gasteiger partial charge in [-0.2, -0.15) is 5.10 Å². The summed E-state index contributed by atoms with van der Waals surface area (Å²) in [4.78, 5) is 19.5. The maximum atomic E-state index is 12.5. The molecule has 1 atom stereocenters. The van der Waals surface area contributed by atoms with E-state index in [0.29, 0.717) is 6.04 Å². The number of amides is 1. The number of ether oxygens (including phenoxy) is 1. The summed E-state index contributed by atoms with van der Waals surface area (Å²) in [5.74, 6) is 1.14. The third kappa shape index (κ3) is 3.67. The average molecular weight is 436 g/mol. The minimum absolute atomic E-state index is 0.121. The van der Waals surface area contributed by atoms with Crippen molar-refractivity contribution >= 4 is 22.8 Å². The second-order valence-corrected chi connectivity index (χ2v) is 9.38. The lowest BCUT2D eigenvalue weighted by atomic mass is 9.94. The molecule has 170 valence electrons. The fourth-order valence-corrected chi connectivity index (χ4v) is 5.55. The van der Waals surface area contributed by atoms with Crippen molar-refractivity contribution in [3.8, 4) is 0 Å². The smallest absolute Gasteiger partial charge is 0.414 e. The number of rotatable bonds is 4. The Hall–Kier alpha value is -2.83. The second kappa shape index (κ2) is 8.60. The maximum Gasteiger partial charge on any atom is 0.414 e. The Morgan fingerprint density at radius 3 is 2.72 bits per heavy atom. The van der Waals surface area contributed by atoms with Crippen molar-refractivity contribution in [2.75, 3.05) is 12.0 Å². The van der Waals surface area contributed by atoms with Crippen LogP contribution in [0.4, 0.5) is 10.5 Å². The van der Waals surface area contributed by atoms with E-state index >= 15 is 0 Å². The zero-order chi connectivity index (χ0) is 22.2. The Bertz CT molecular complexity index is 1130. The highest BCUT2D eigenvalue weighted by molar-refractivity contribution is 5.95. The van der Waals surface area contributed by atoms with Gasteiger partial charge in [-0.25, -0.2) is 9.78 Å². The molecule has 1 aliphatic heterocycles. The Balaban J connectivity index is 1.59. The molecular formula is C25H33N5O2. The number of methoxy groups -OCH3 is 1. The molecule has 3 aromatic rings. The molecule has 0 saturated heterocycles. The number of hydrogen-bond acceptors (Lipinski definition) is 4. The van der Waals surface area contributed by atoms with Crippen molar-refractivity contribution in [3.63, 3.8) is 0 Å². The van der Waals surface area contributed by atoms with Gasteiger partial charge in [0.1, 0.15) is 5.82 Å². The number of nitrogens with zero attached hydrogens (tertiary/aromatic N) is 5. The molecular weight excluding hydrogens is 402 g/mol. The Morgan fingerprint density at radius 2 is 2.00 bits per heavy atom. The number of aryl methyl sites for hydroxylation is 4. The first-order valence-electron chi connectivity index (χ1n) is 12.0.